The molecule has 0 aromatic heterocycles. The molecule has 2 rings (SSSR count). The van der Waals surface area contributed by atoms with Crippen LogP contribution in [0, 0.1) is 0 Å². The summed E-state index contributed by atoms with van der Waals surface area (Å²) in [5.41, 5.74) is 0.662. The van der Waals surface area contributed by atoms with Crippen LogP contribution < -0.4 is 39.4 Å². The maximum Gasteiger partial charge on any atom is 1.00 e. The van der Waals surface area contributed by atoms with E-state index in [-0.39, 0.29) is 51.7 Å². The first-order chi connectivity index (χ1) is 13.9. The monoisotopic (exact) mass is 442 g/mol. The number of aryl methyl sites for hydroxylation is 1. The molecule has 0 radical (unpaired) electrons. The molecule has 0 bridgehead atoms. The first kappa shape index (κ1) is 27.0. The molecule has 0 fully saturated rings. The molecular formula is C23H31NaO5S. The minimum absolute atomic E-state index is 0. The Balaban J connectivity index is 0.00000450. The quantitative estimate of drug-likeness (QED) is 0.293. The fourth-order valence-corrected chi connectivity index (χ4v) is 3.95. The van der Waals surface area contributed by atoms with Crippen molar-refractivity contribution in [3.8, 4) is 17.2 Å². The van der Waals surface area contributed by atoms with Gasteiger partial charge in [0.25, 0.3) is 10.1 Å². The summed E-state index contributed by atoms with van der Waals surface area (Å²) in [4.78, 5) is -0.358. The van der Waals surface area contributed by atoms with Crippen LogP contribution in [-0.4, -0.2) is 13.0 Å². The molecule has 2 aromatic carbocycles. The third-order valence-electron chi connectivity index (χ3n) is 4.96. The maximum absolute atomic E-state index is 12.7. The van der Waals surface area contributed by atoms with Crippen LogP contribution in [0.2, 0.25) is 0 Å². The van der Waals surface area contributed by atoms with Crippen molar-refractivity contribution in [2.75, 3.05) is 0 Å². The summed E-state index contributed by atoms with van der Waals surface area (Å²) in [5, 5.41) is 12.7. The number of hydrogen-bond donors (Lipinski definition) is 1. The smallest absolute Gasteiger partial charge is 0.870 e. The summed E-state index contributed by atoms with van der Waals surface area (Å²) >= 11 is 0. The van der Waals surface area contributed by atoms with Crippen molar-refractivity contribution in [1.29, 1.82) is 0 Å². The molecule has 0 aliphatic heterocycles. The van der Waals surface area contributed by atoms with Crippen molar-refractivity contribution in [3.05, 3.63) is 48.0 Å². The van der Waals surface area contributed by atoms with Crippen molar-refractivity contribution < 1.29 is 52.4 Å². The largest absolute Gasteiger partial charge is 1.00 e. The van der Waals surface area contributed by atoms with E-state index in [0.717, 1.165) is 12.8 Å². The van der Waals surface area contributed by atoms with Crippen molar-refractivity contribution >= 4 is 10.1 Å². The molecule has 0 atom stereocenters. The molecule has 0 heterocycles. The van der Waals surface area contributed by atoms with E-state index < -0.39 is 10.1 Å². The van der Waals surface area contributed by atoms with E-state index in [1.807, 2.05) is 0 Å². The minimum Gasteiger partial charge on any atom is -0.870 e. The molecule has 0 saturated carbocycles. The van der Waals surface area contributed by atoms with E-state index in [1.54, 1.807) is 18.2 Å². The summed E-state index contributed by atoms with van der Waals surface area (Å²) in [7, 11) is -4.43. The van der Waals surface area contributed by atoms with Gasteiger partial charge in [0.05, 0.1) is 0 Å². The molecule has 5 nitrogen and oxygen atoms in total. The third-order valence-corrected chi connectivity index (χ3v) is 5.85. The average Bonchev–Trinajstić information content (AvgIpc) is 2.69. The molecular weight excluding hydrogens is 411 g/mol. The molecule has 0 aliphatic carbocycles. The minimum atomic E-state index is -4.43. The van der Waals surface area contributed by atoms with Crippen molar-refractivity contribution in [1.82, 2.24) is 0 Å². The first-order valence-corrected chi connectivity index (χ1v) is 11.9. The zero-order valence-corrected chi connectivity index (χ0v) is 20.9. The number of hydrogen-bond acceptors (Lipinski definition) is 4. The van der Waals surface area contributed by atoms with Gasteiger partial charge in [0, 0.05) is 0 Å². The van der Waals surface area contributed by atoms with Crippen LogP contribution in [-0.2, 0) is 16.5 Å². The molecule has 0 amide bonds. The number of benzene rings is 2. The van der Waals surface area contributed by atoms with Crippen LogP contribution in [0.5, 0.6) is 17.2 Å². The Morgan fingerprint density at radius 1 is 0.833 bits per heavy atom. The molecule has 0 aliphatic rings. The number of rotatable bonds is 13. The second-order valence-corrected chi connectivity index (χ2v) is 8.74. The maximum atomic E-state index is 12.7. The zero-order chi connectivity index (χ0) is 21.1. The fraction of sp³-hybridized carbons (Fsp3) is 0.478. The second kappa shape index (κ2) is 14.1. The van der Waals surface area contributed by atoms with Crippen LogP contribution >= 0.6 is 0 Å². The van der Waals surface area contributed by atoms with Gasteiger partial charge in [-0.25, -0.2) is 0 Å². The molecule has 1 N–H and O–H groups in total. The molecule has 0 saturated heterocycles. The Bertz CT molecular complexity index is 868. The third kappa shape index (κ3) is 8.98. The SMILES string of the molecule is CCCCCCCCCCCc1cccc(Oc2ccccc2S(=O)(=O)O)c1[O-].[Na+]. The van der Waals surface area contributed by atoms with Gasteiger partial charge in [-0.2, -0.15) is 8.42 Å². The molecule has 0 unspecified atom stereocenters. The van der Waals surface area contributed by atoms with Crippen molar-refractivity contribution in [3.63, 3.8) is 0 Å². The summed E-state index contributed by atoms with van der Waals surface area (Å²) < 4.78 is 37.9. The Morgan fingerprint density at radius 3 is 2.03 bits per heavy atom. The Hall–Kier alpha value is -1.05. The Labute approximate surface area is 202 Å². The molecule has 30 heavy (non-hydrogen) atoms. The van der Waals surface area contributed by atoms with Gasteiger partial charge in [0.1, 0.15) is 16.4 Å². The molecule has 0 spiro atoms. The van der Waals surface area contributed by atoms with Gasteiger partial charge in [-0.15, -0.1) is 0 Å². The fourth-order valence-electron chi connectivity index (χ4n) is 3.33. The van der Waals surface area contributed by atoms with E-state index in [0.29, 0.717) is 12.0 Å². The summed E-state index contributed by atoms with van der Waals surface area (Å²) in [6.45, 7) is 2.22. The normalized spacial score (nSPS) is 11.1. The van der Waals surface area contributed by atoms with Crippen molar-refractivity contribution in [2.24, 2.45) is 0 Å². The predicted molar refractivity (Wildman–Crippen MR) is 113 cm³/mol. The van der Waals surface area contributed by atoms with Crippen LogP contribution in [0.4, 0.5) is 0 Å². The summed E-state index contributed by atoms with van der Waals surface area (Å²) in [6.07, 6.45) is 11.6. The van der Waals surface area contributed by atoms with Gasteiger partial charge < -0.3 is 9.84 Å². The van der Waals surface area contributed by atoms with E-state index >= 15 is 0 Å². The standard InChI is InChI=1S/C23H32O5S.Na/c1-2-3-4-5-6-7-8-9-10-14-19-15-13-17-21(23(19)24)28-20-16-11-12-18-22(20)29(25,26)27;/h11-13,15-18,24H,2-10,14H2,1H3,(H,25,26,27);/q;+1/p-1. The van der Waals surface area contributed by atoms with E-state index in [4.69, 9.17) is 4.74 Å². The van der Waals surface area contributed by atoms with Crippen LogP contribution in [0.25, 0.3) is 0 Å². The molecule has 7 heteroatoms. The van der Waals surface area contributed by atoms with Gasteiger partial charge in [-0.05, 0) is 31.0 Å². The Kier molecular flexibility index (Phi) is 12.7. The van der Waals surface area contributed by atoms with Gasteiger partial charge in [0.15, 0.2) is 0 Å². The van der Waals surface area contributed by atoms with Gasteiger partial charge >= 0.3 is 29.6 Å². The number of ether oxygens (including phenoxy) is 1. The molecule has 2 aromatic rings. The number of unbranched alkanes of at least 4 members (excludes halogenated alkanes) is 8. The average molecular weight is 443 g/mol. The Morgan fingerprint density at radius 2 is 1.40 bits per heavy atom. The van der Waals surface area contributed by atoms with Crippen LogP contribution in [0.15, 0.2) is 47.4 Å². The van der Waals surface area contributed by atoms with Crippen molar-refractivity contribution in [2.45, 2.75) is 76.0 Å². The summed E-state index contributed by atoms with van der Waals surface area (Å²) in [5.74, 6) is -0.237. The van der Waals surface area contributed by atoms with Gasteiger partial charge in [0.2, 0.25) is 0 Å². The number of para-hydroxylation sites is 2. The zero-order valence-electron chi connectivity index (χ0n) is 18.1. The van der Waals surface area contributed by atoms with Gasteiger partial charge in [-0.1, -0.05) is 93.9 Å². The van der Waals surface area contributed by atoms with E-state index in [1.165, 1.54) is 69.2 Å². The topological polar surface area (TPSA) is 86.7 Å². The molecule has 160 valence electrons. The first-order valence-electron chi connectivity index (χ1n) is 10.5. The van der Waals surface area contributed by atoms with Gasteiger partial charge in [-0.3, -0.25) is 4.55 Å². The van der Waals surface area contributed by atoms with E-state index in [9.17, 15) is 18.1 Å². The predicted octanol–water partition coefficient (Wildman–Crippen LogP) is 2.88. The second-order valence-electron chi connectivity index (χ2n) is 7.35. The van der Waals surface area contributed by atoms with Crippen LogP contribution in [0.1, 0.15) is 70.3 Å². The van der Waals surface area contributed by atoms with Crippen LogP contribution in [0.3, 0.4) is 0 Å². The summed E-state index contributed by atoms with van der Waals surface area (Å²) in [6, 6.07) is 10.7. The van der Waals surface area contributed by atoms with E-state index in [2.05, 4.69) is 6.92 Å².